The van der Waals surface area contributed by atoms with Gasteiger partial charge in [-0.3, -0.25) is 4.79 Å². The Labute approximate surface area is 274 Å². The summed E-state index contributed by atoms with van der Waals surface area (Å²) in [6, 6.07) is 15.3. The molecule has 0 unspecified atom stereocenters. The molecule has 3 aliphatic heterocycles. The second kappa shape index (κ2) is 12.1. The van der Waals surface area contributed by atoms with Crippen LogP contribution < -0.4 is 10.1 Å². The number of carbonyl (C=O) groups is 1. The predicted molar refractivity (Wildman–Crippen MR) is 181 cm³/mol. The Morgan fingerprint density at radius 3 is 2.85 bits per heavy atom. The number of aromatic amines is 2. The van der Waals surface area contributed by atoms with Crippen LogP contribution in [0.4, 0.5) is 0 Å². The van der Waals surface area contributed by atoms with E-state index in [2.05, 4.69) is 64.7 Å². The highest BCUT2D eigenvalue weighted by Gasteiger charge is 2.37. The summed E-state index contributed by atoms with van der Waals surface area (Å²) in [4.78, 5) is 32.0. The number of H-pyrrole nitrogens is 2. The Morgan fingerprint density at radius 1 is 1.11 bits per heavy atom. The Bertz CT molecular complexity index is 1970. The highest BCUT2D eigenvalue weighted by atomic mass is 16.5. The maximum Gasteiger partial charge on any atom is 0.230 e. The molecule has 1 radical (unpaired) electrons. The molecule has 2 saturated heterocycles. The Morgan fingerprint density at radius 2 is 2.00 bits per heavy atom. The fraction of sp³-hybridized carbons (Fsp3) is 0.405. The van der Waals surface area contributed by atoms with Crippen molar-refractivity contribution in [1.82, 2.24) is 30.2 Å². The van der Waals surface area contributed by atoms with Crippen molar-refractivity contribution in [3.63, 3.8) is 0 Å². The van der Waals surface area contributed by atoms with Crippen molar-refractivity contribution in [3.8, 4) is 28.1 Å². The standard InChI is InChI=1S/C37H41N6O4/c1-20-5-10-32(43(20)34(44)11-21(2)46-4)37-40-29-9-7-23-14-28-26-8-6-24(13-25(26)19-47-33(28)15-27(23)35(29)42-37)31-17-39-36(41-31)30-12-22(16-38-30)18-45-3/h6-9,11,13-15,17,20-22,30,32,38H,5,10,12,16,18-19H2,1-4H3,(H,39,41)(H,40,42)/t20-,21+,22-,30-,32-/m0/s1. The Balaban J connectivity index is 1.07. The number of likely N-dealkylation sites (tertiary alicyclic amines) is 1. The third-order valence-corrected chi connectivity index (χ3v) is 10.2. The van der Waals surface area contributed by atoms with Crippen molar-refractivity contribution in [2.75, 3.05) is 27.4 Å². The molecule has 3 N–H and O–H groups in total. The molecule has 2 aromatic heterocycles. The Hall–Kier alpha value is -4.25. The van der Waals surface area contributed by atoms with Gasteiger partial charge in [-0.1, -0.05) is 18.2 Å². The van der Waals surface area contributed by atoms with Gasteiger partial charge < -0.3 is 34.4 Å². The molecular weight excluding hydrogens is 592 g/mol. The average molecular weight is 634 g/mol. The second-order valence-electron chi connectivity index (χ2n) is 13.3. The lowest BCUT2D eigenvalue weighted by molar-refractivity contribution is -0.131. The van der Waals surface area contributed by atoms with E-state index in [9.17, 15) is 4.79 Å². The van der Waals surface area contributed by atoms with Crippen LogP contribution in [0.15, 0.2) is 48.7 Å². The zero-order valence-corrected chi connectivity index (χ0v) is 27.3. The summed E-state index contributed by atoms with van der Waals surface area (Å²) in [7, 11) is 3.37. The van der Waals surface area contributed by atoms with E-state index in [-0.39, 0.29) is 30.1 Å². The van der Waals surface area contributed by atoms with Crippen molar-refractivity contribution in [1.29, 1.82) is 0 Å². The zero-order chi connectivity index (χ0) is 32.2. The number of methoxy groups -OCH3 is 2. The van der Waals surface area contributed by atoms with Crippen LogP contribution in [0.5, 0.6) is 5.75 Å². The van der Waals surface area contributed by atoms with Crippen molar-refractivity contribution in [3.05, 3.63) is 72.3 Å². The molecule has 0 bridgehead atoms. The van der Waals surface area contributed by atoms with Gasteiger partial charge in [0.15, 0.2) is 0 Å². The molecule has 10 heteroatoms. The molecular formula is C37H41N6O4. The van der Waals surface area contributed by atoms with E-state index in [1.165, 1.54) is 5.56 Å². The minimum atomic E-state index is -0.245. The highest BCUT2D eigenvalue weighted by molar-refractivity contribution is 6.07. The lowest BCUT2D eigenvalue weighted by Gasteiger charge is -2.28. The molecule has 3 aromatic carbocycles. The number of ether oxygens (including phenoxy) is 3. The first-order valence-electron chi connectivity index (χ1n) is 16.6. The van der Waals surface area contributed by atoms with E-state index in [1.54, 1.807) is 20.6 Å². The van der Waals surface area contributed by atoms with Crippen LogP contribution >= 0.6 is 0 Å². The molecule has 243 valence electrons. The molecule has 5 heterocycles. The molecule has 5 atom stereocenters. The monoisotopic (exact) mass is 633 g/mol. The number of fused-ring (bicyclic) bond motifs is 6. The number of nitrogens with zero attached hydrogens (tertiary/aromatic N) is 3. The molecule has 3 aliphatic rings. The first-order chi connectivity index (χ1) is 22.9. The SMILES string of the molecule is COC[C@@H]1CN[C@H](c2ncc(-c3ccc4c(c3)COc3cc5c(ccc6nc([C@@H]7CC[C@H](C)N7C(=O)[CH][C@@H](C)OC)[nH]c65)cc3-4)[nH]2)C1. The maximum atomic E-state index is 13.2. The molecule has 47 heavy (non-hydrogen) atoms. The molecule has 10 nitrogen and oxygen atoms in total. The molecule has 5 aromatic rings. The van der Waals surface area contributed by atoms with Crippen LogP contribution in [0.2, 0.25) is 0 Å². The fourth-order valence-corrected chi connectivity index (χ4v) is 7.66. The van der Waals surface area contributed by atoms with E-state index >= 15 is 0 Å². The Kier molecular flexibility index (Phi) is 7.74. The van der Waals surface area contributed by atoms with Crippen molar-refractivity contribution in [2.45, 2.75) is 63.9 Å². The van der Waals surface area contributed by atoms with E-state index in [4.69, 9.17) is 24.2 Å². The number of carbonyl (C=O) groups excluding carboxylic acids is 1. The molecule has 0 spiro atoms. The van der Waals surface area contributed by atoms with Crippen molar-refractivity contribution < 1.29 is 19.0 Å². The summed E-state index contributed by atoms with van der Waals surface area (Å²) in [6.07, 6.45) is 6.14. The quantitative estimate of drug-likeness (QED) is 0.185. The van der Waals surface area contributed by atoms with E-state index in [1.807, 2.05) is 18.0 Å². The van der Waals surface area contributed by atoms with Crippen molar-refractivity contribution in [2.24, 2.45) is 5.92 Å². The average Bonchev–Trinajstić information content (AvgIpc) is 3.89. The van der Waals surface area contributed by atoms with E-state index in [0.29, 0.717) is 12.5 Å². The van der Waals surface area contributed by atoms with Gasteiger partial charge in [0.05, 0.1) is 54.1 Å². The summed E-state index contributed by atoms with van der Waals surface area (Å²) in [5, 5.41) is 5.73. The molecule has 2 fully saturated rings. The zero-order valence-electron chi connectivity index (χ0n) is 27.3. The number of imidazole rings is 2. The van der Waals surface area contributed by atoms with E-state index < -0.39 is 0 Å². The van der Waals surface area contributed by atoms with Crippen LogP contribution in [-0.2, 0) is 20.9 Å². The fourth-order valence-electron chi connectivity index (χ4n) is 7.66. The van der Waals surface area contributed by atoms with E-state index in [0.717, 1.165) is 94.0 Å². The van der Waals surface area contributed by atoms with Gasteiger partial charge in [-0.05, 0) is 85.4 Å². The van der Waals surface area contributed by atoms with Gasteiger partial charge in [0.2, 0.25) is 5.91 Å². The smallest absolute Gasteiger partial charge is 0.230 e. The maximum absolute atomic E-state index is 13.2. The minimum absolute atomic E-state index is 0.0150. The number of nitrogens with one attached hydrogen (secondary N) is 3. The predicted octanol–water partition coefficient (Wildman–Crippen LogP) is 6.25. The molecule has 8 rings (SSSR count). The molecule has 0 saturated carbocycles. The van der Waals surface area contributed by atoms with Gasteiger partial charge in [0.1, 0.15) is 24.0 Å². The van der Waals surface area contributed by atoms with Crippen LogP contribution in [0.3, 0.4) is 0 Å². The first-order valence-corrected chi connectivity index (χ1v) is 16.6. The lowest BCUT2D eigenvalue weighted by atomic mass is 9.92. The molecule has 1 amide bonds. The first kappa shape index (κ1) is 30.1. The third-order valence-electron chi connectivity index (χ3n) is 10.2. The number of rotatable bonds is 8. The van der Waals surface area contributed by atoms with Crippen LogP contribution in [0, 0.1) is 12.3 Å². The van der Waals surface area contributed by atoms with Crippen LogP contribution in [0.1, 0.15) is 62.4 Å². The summed E-state index contributed by atoms with van der Waals surface area (Å²) >= 11 is 0. The van der Waals surface area contributed by atoms with Gasteiger partial charge in [0, 0.05) is 37.8 Å². The number of hydrogen-bond acceptors (Lipinski definition) is 7. The summed E-state index contributed by atoms with van der Waals surface area (Å²) in [6.45, 7) is 6.18. The third kappa shape index (κ3) is 5.38. The summed E-state index contributed by atoms with van der Waals surface area (Å²) in [5.74, 6) is 3.14. The number of hydrogen-bond donors (Lipinski definition) is 3. The minimum Gasteiger partial charge on any atom is -0.488 e. The van der Waals surface area contributed by atoms with Gasteiger partial charge in [0.25, 0.3) is 0 Å². The molecule has 0 aliphatic carbocycles. The summed E-state index contributed by atoms with van der Waals surface area (Å²) in [5.41, 5.74) is 7.35. The highest BCUT2D eigenvalue weighted by Crippen LogP contribution is 2.43. The van der Waals surface area contributed by atoms with Crippen LogP contribution in [-0.4, -0.2) is 70.3 Å². The normalized spacial score (nSPS) is 22.9. The van der Waals surface area contributed by atoms with Crippen LogP contribution in [0.25, 0.3) is 44.2 Å². The van der Waals surface area contributed by atoms with Gasteiger partial charge in [-0.25, -0.2) is 9.97 Å². The largest absolute Gasteiger partial charge is 0.488 e. The van der Waals surface area contributed by atoms with Crippen molar-refractivity contribution >= 4 is 27.7 Å². The number of aromatic nitrogens is 4. The van der Waals surface area contributed by atoms with Gasteiger partial charge in [-0.2, -0.15) is 0 Å². The summed E-state index contributed by atoms with van der Waals surface area (Å²) < 4.78 is 17.1. The lowest BCUT2D eigenvalue weighted by Crippen LogP contribution is -2.38. The number of benzene rings is 3. The number of amides is 1. The second-order valence-corrected chi connectivity index (χ2v) is 13.3. The van der Waals surface area contributed by atoms with Gasteiger partial charge >= 0.3 is 0 Å². The topological polar surface area (TPSA) is 117 Å². The van der Waals surface area contributed by atoms with Gasteiger partial charge in [-0.15, -0.1) is 0 Å².